The molecule has 1 atom stereocenters. The molecule has 2 heterocycles. The monoisotopic (exact) mass is 358 g/mol. The predicted octanol–water partition coefficient (Wildman–Crippen LogP) is 1.55. The smallest absolute Gasteiger partial charge is 0.409 e. The fourth-order valence-corrected chi connectivity index (χ4v) is 3.41. The highest BCUT2D eigenvalue weighted by atomic mass is 16.5. The minimum absolute atomic E-state index is 0.188. The Morgan fingerprint density at radius 2 is 2.04 bits per heavy atom. The Labute approximate surface area is 151 Å². The van der Waals surface area contributed by atoms with Crippen molar-refractivity contribution in [2.75, 3.05) is 38.7 Å². The molecule has 8 nitrogen and oxygen atoms in total. The fourth-order valence-electron chi connectivity index (χ4n) is 3.41. The summed E-state index contributed by atoms with van der Waals surface area (Å²) in [5.41, 5.74) is -1.30. The first-order valence-corrected chi connectivity index (χ1v) is 8.30. The standard InChI is InChI=1S/C18H22N4O4/c1-12(23)18(19-2)11-21(6-7-22(18)17(24)25)16-9-14-8-15(26-3)5-4-13(14)10-20-16/h4-5,8-10,19H,6-7,11H2,1-3H3,(H,24,25). The summed E-state index contributed by atoms with van der Waals surface area (Å²) in [5.74, 6) is 1.19. The third-order valence-electron chi connectivity index (χ3n) is 4.94. The van der Waals surface area contributed by atoms with E-state index in [1.54, 1.807) is 20.4 Å². The number of hydrogen-bond acceptors (Lipinski definition) is 6. The van der Waals surface area contributed by atoms with Crippen molar-refractivity contribution in [2.24, 2.45) is 0 Å². The number of fused-ring (bicyclic) bond motifs is 1. The van der Waals surface area contributed by atoms with Gasteiger partial charge in [-0.2, -0.15) is 0 Å². The van der Waals surface area contributed by atoms with Crippen molar-refractivity contribution in [2.45, 2.75) is 12.6 Å². The van der Waals surface area contributed by atoms with E-state index < -0.39 is 11.8 Å². The van der Waals surface area contributed by atoms with Crippen LogP contribution < -0.4 is 15.0 Å². The van der Waals surface area contributed by atoms with Gasteiger partial charge in [-0.3, -0.25) is 15.0 Å². The van der Waals surface area contributed by atoms with Crippen LogP contribution in [-0.4, -0.2) is 66.3 Å². The van der Waals surface area contributed by atoms with E-state index in [1.165, 1.54) is 6.92 Å². The first-order chi connectivity index (χ1) is 12.4. The second-order valence-electron chi connectivity index (χ2n) is 6.28. The van der Waals surface area contributed by atoms with E-state index in [1.807, 2.05) is 29.2 Å². The molecule has 8 heteroatoms. The molecule has 1 fully saturated rings. The highest BCUT2D eigenvalue weighted by Gasteiger charge is 2.47. The Balaban J connectivity index is 1.98. The zero-order valence-corrected chi connectivity index (χ0v) is 15.0. The van der Waals surface area contributed by atoms with Gasteiger partial charge in [0.15, 0.2) is 11.4 Å². The first-order valence-electron chi connectivity index (χ1n) is 8.30. The van der Waals surface area contributed by atoms with Crippen LogP contribution in [0.1, 0.15) is 6.92 Å². The molecule has 0 spiro atoms. The number of hydrogen-bond donors (Lipinski definition) is 2. The van der Waals surface area contributed by atoms with Crippen LogP contribution in [0, 0.1) is 0 Å². The maximum absolute atomic E-state index is 12.3. The highest BCUT2D eigenvalue weighted by Crippen LogP contribution is 2.28. The number of rotatable bonds is 4. The summed E-state index contributed by atoms with van der Waals surface area (Å²) >= 11 is 0. The van der Waals surface area contributed by atoms with E-state index in [0.717, 1.165) is 21.4 Å². The van der Waals surface area contributed by atoms with Crippen LogP contribution >= 0.6 is 0 Å². The van der Waals surface area contributed by atoms with Crippen molar-refractivity contribution in [3.63, 3.8) is 0 Å². The van der Waals surface area contributed by atoms with Crippen LogP contribution in [0.2, 0.25) is 0 Å². The molecule has 0 bridgehead atoms. The topological polar surface area (TPSA) is 95.0 Å². The maximum atomic E-state index is 12.3. The van der Waals surface area contributed by atoms with E-state index >= 15 is 0 Å². The summed E-state index contributed by atoms with van der Waals surface area (Å²) in [6.45, 7) is 2.24. The number of nitrogens with zero attached hydrogens (tertiary/aromatic N) is 3. The lowest BCUT2D eigenvalue weighted by Crippen LogP contribution is -2.73. The number of carboxylic acid groups (broad SMARTS) is 1. The minimum atomic E-state index is -1.30. The van der Waals surface area contributed by atoms with Crippen molar-refractivity contribution in [1.82, 2.24) is 15.2 Å². The number of ether oxygens (including phenoxy) is 1. The summed E-state index contributed by atoms with van der Waals surface area (Å²) in [6, 6.07) is 7.65. The van der Waals surface area contributed by atoms with Gasteiger partial charge in [-0.15, -0.1) is 0 Å². The zero-order valence-electron chi connectivity index (χ0n) is 15.0. The molecule has 26 heavy (non-hydrogen) atoms. The number of ketones is 1. The summed E-state index contributed by atoms with van der Waals surface area (Å²) in [4.78, 5) is 31.5. The number of nitrogens with one attached hydrogen (secondary N) is 1. The molecule has 3 rings (SSSR count). The summed E-state index contributed by atoms with van der Waals surface area (Å²) < 4.78 is 5.27. The number of methoxy groups -OCH3 is 1. The van der Waals surface area contributed by atoms with Gasteiger partial charge >= 0.3 is 6.09 Å². The lowest BCUT2D eigenvalue weighted by atomic mass is 9.99. The Morgan fingerprint density at radius 1 is 1.27 bits per heavy atom. The molecular weight excluding hydrogens is 336 g/mol. The van der Waals surface area contributed by atoms with Crippen molar-refractivity contribution >= 4 is 28.5 Å². The largest absolute Gasteiger partial charge is 0.497 e. The Morgan fingerprint density at radius 3 is 2.65 bits per heavy atom. The lowest BCUT2D eigenvalue weighted by molar-refractivity contribution is -0.130. The number of anilines is 1. The summed E-state index contributed by atoms with van der Waals surface area (Å²) in [5, 5.41) is 14.3. The van der Waals surface area contributed by atoms with Gasteiger partial charge in [-0.25, -0.2) is 9.78 Å². The van der Waals surface area contributed by atoms with Crippen molar-refractivity contribution in [1.29, 1.82) is 0 Å². The number of carbonyl (C=O) groups excluding carboxylic acids is 1. The summed E-state index contributed by atoms with van der Waals surface area (Å²) in [6.07, 6.45) is 0.646. The number of piperazine rings is 1. The number of benzene rings is 1. The van der Waals surface area contributed by atoms with E-state index in [4.69, 9.17) is 4.74 Å². The third-order valence-corrected chi connectivity index (χ3v) is 4.94. The van der Waals surface area contributed by atoms with Crippen molar-refractivity contribution < 1.29 is 19.4 Å². The van der Waals surface area contributed by atoms with Gasteiger partial charge in [0.1, 0.15) is 11.6 Å². The number of carbonyl (C=O) groups is 2. The fraction of sp³-hybridized carbons (Fsp3) is 0.389. The molecule has 0 saturated carbocycles. The molecule has 2 aromatic rings. The number of amides is 1. The molecule has 2 N–H and O–H groups in total. The number of likely N-dealkylation sites (N-methyl/N-ethyl adjacent to an activating group) is 1. The van der Waals surface area contributed by atoms with E-state index in [9.17, 15) is 14.7 Å². The molecule has 138 valence electrons. The van der Waals surface area contributed by atoms with Gasteiger partial charge < -0.3 is 14.7 Å². The summed E-state index contributed by atoms with van der Waals surface area (Å²) in [7, 11) is 3.21. The van der Waals surface area contributed by atoms with E-state index in [2.05, 4.69) is 10.3 Å². The molecular formula is C18H22N4O4. The molecule has 1 aliphatic rings. The van der Waals surface area contributed by atoms with Crippen LogP contribution in [0.25, 0.3) is 10.8 Å². The van der Waals surface area contributed by atoms with Crippen molar-refractivity contribution in [3.05, 3.63) is 30.5 Å². The second-order valence-corrected chi connectivity index (χ2v) is 6.28. The van der Waals surface area contributed by atoms with Gasteiger partial charge in [0.25, 0.3) is 0 Å². The average molecular weight is 358 g/mol. The maximum Gasteiger partial charge on any atom is 0.409 e. The van der Waals surface area contributed by atoms with Crippen LogP contribution in [0.5, 0.6) is 5.75 Å². The number of Topliss-reactive ketones (excluding diaryl/α,β-unsaturated/α-hetero) is 1. The van der Waals surface area contributed by atoms with Crippen LogP contribution in [-0.2, 0) is 4.79 Å². The average Bonchev–Trinajstić information content (AvgIpc) is 2.66. The molecule has 1 aromatic carbocycles. The molecule has 1 aliphatic heterocycles. The lowest BCUT2D eigenvalue weighted by Gasteiger charge is -2.48. The first kappa shape index (κ1) is 17.9. The van der Waals surface area contributed by atoms with Crippen LogP contribution in [0.3, 0.4) is 0 Å². The Bertz CT molecular complexity index is 856. The SMILES string of the molecule is CNC1(C(C)=O)CN(c2cc3cc(OC)ccc3cn2)CCN1C(=O)O. The molecule has 1 amide bonds. The van der Waals surface area contributed by atoms with Gasteiger partial charge in [-0.1, -0.05) is 0 Å². The molecule has 1 unspecified atom stereocenters. The molecule has 1 aromatic heterocycles. The van der Waals surface area contributed by atoms with Gasteiger partial charge in [0, 0.05) is 24.7 Å². The second kappa shape index (κ2) is 6.80. The Kier molecular flexibility index (Phi) is 4.69. The van der Waals surface area contributed by atoms with Gasteiger partial charge in [0.2, 0.25) is 0 Å². The van der Waals surface area contributed by atoms with E-state index in [-0.39, 0.29) is 18.9 Å². The predicted molar refractivity (Wildman–Crippen MR) is 97.7 cm³/mol. The quantitative estimate of drug-likeness (QED) is 0.856. The van der Waals surface area contributed by atoms with Gasteiger partial charge in [-0.05, 0) is 43.6 Å². The highest BCUT2D eigenvalue weighted by molar-refractivity contribution is 5.90. The molecule has 0 aliphatic carbocycles. The number of aromatic nitrogens is 1. The van der Waals surface area contributed by atoms with E-state index in [0.29, 0.717) is 12.4 Å². The Hall–Kier alpha value is -2.87. The normalized spacial score (nSPS) is 20.3. The number of pyridine rings is 1. The third kappa shape index (κ3) is 2.92. The molecule has 0 radical (unpaired) electrons. The van der Waals surface area contributed by atoms with Gasteiger partial charge in [0.05, 0.1) is 13.7 Å². The van der Waals surface area contributed by atoms with Crippen LogP contribution in [0.15, 0.2) is 30.5 Å². The van der Waals surface area contributed by atoms with Crippen LogP contribution in [0.4, 0.5) is 10.6 Å². The van der Waals surface area contributed by atoms with Crippen molar-refractivity contribution in [3.8, 4) is 5.75 Å². The molecule has 1 saturated heterocycles. The zero-order chi connectivity index (χ0) is 18.9. The minimum Gasteiger partial charge on any atom is -0.497 e.